The van der Waals surface area contributed by atoms with E-state index in [0.717, 1.165) is 16.8 Å². The second-order valence-electron chi connectivity index (χ2n) is 5.48. The first kappa shape index (κ1) is 16.0. The minimum atomic E-state index is -3.02. The van der Waals surface area contributed by atoms with Gasteiger partial charge in [0.15, 0.2) is 9.84 Å². The van der Waals surface area contributed by atoms with Gasteiger partial charge in [0, 0.05) is 25.6 Å². The van der Waals surface area contributed by atoms with Gasteiger partial charge in [-0.05, 0) is 38.0 Å². The van der Waals surface area contributed by atoms with E-state index in [1.54, 1.807) is 7.11 Å². The van der Waals surface area contributed by atoms with Crippen molar-refractivity contribution in [1.29, 1.82) is 0 Å². The Hall–Kier alpha value is -1.07. The predicted molar refractivity (Wildman–Crippen MR) is 79.3 cm³/mol. The van der Waals surface area contributed by atoms with E-state index >= 15 is 0 Å². The molecule has 19 heavy (non-hydrogen) atoms. The molecule has 0 bridgehead atoms. The minimum absolute atomic E-state index is 0.0715. The second-order valence-corrected chi connectivity index (χ2v) is 7.62. The Labute approximate surface area is 116 Å². The summed E-state index contributed by atoms with van der Waals surface area (Å²) in [6.45, 7) is 6.58. The minimum Gasteiger partial charge on any atom is -0.382 e. The Morgan fingerprint density at radius 1 is 1.32 bits per heavy atom. The number of ether oxygens (including phenoxy) is 1. The molecule has 1 aromatic carbocycles. The summed E-state index contributed by atoms with van der Waals surface area (Å²) in [7, 11) is -1.34. The molecule has 0 atom stereocenters. The molecule has 0 amide bonds. The first-order valence-electron chi connectivity index (χ1n) is 6.20. The van der Waals surface area contributed by atoms with Gasteiger partial charge in [-0.3, -0.25) is 0 Å². The van der Waals surface area contributed by atoms with Crippen LogP contribution in [0, 0.1) is 6.92 Å². The third-order valence-electron chi connectivity index (χ3n) is 3.12. The fourth-order valence-electron chi connectivity index (χ4n) is 1.69. The van der Waals surface area contributed by atoms with Crippen molar-refractivity contribution in [3.05, 3.63) is 29.3 Å². The molecule has 0 unspecified atom stereocenters. The van der Waals surface area contributed by atoms with Crippen LogP contribution in [0.25, 0.3) is 0 Å². The van der Waals surface area contributed by atoms with Crippen LogP contribution in [-0.4, -0.2) is 33.9 Å². The molecule has 108 valence electrons. The van der Waals surface area contributed by atoms with E-state index in [-0.39, 0.29) is 11.4 Å². The van der Waals surface area contributed by atoms with Crippen molar-refractivity contribution in [3.63, 3.8) is 0 Å². The van der Waals surface area contributed by atoms with Gasteiger partial charge in [-0.2, -0.15) is 0 Å². The monoisotopic (exact) mass is 285 g/mol. The average Bonchev–Trinajstić information content (AvgIpc) is 2.29. The Morgan fingerprint density at radius 2 is 1.95 bits per heavy atom. The van der Waals surface area contributed by atoms with Gasteiger partial charge in [-0.1, -0.05) is 12.1 Å². The fourth-order valence-corrected chi connectivity index (χ4v) is 2.57. The van der Waals surface area contributed by atoms with Gasteiger partial charge in [0.25, 0.3) is 0 Å². The molecule has 5 heteroatoms. The molecule has 0 aliphatic rings. The molecular weight excluding hydrogens is 262 g/mol. The molecule has 0 fully saturated rings. The van der Waals surface area contributed by atoms with Crippen molar-refractivity contribution >= 4 is 15.5 Å². The average molecular weight is 285 g/mol. The molecule has 0 aliphatic carbocycles. The Kier molecular flexibility index (Phi) is 4.98. The number of benzene rings is 1. The highest BCUT2D eigenvalue weighted by Gasteiger charge is 2.17. The number of rotatable bonds is 6. The van der Waals surface area contributed by atoms with Gasteiger partial charge in [0.2, 0.25) is 0 Å². The maximum absolute atomic E-state index is 11.4. The first-order valence-corrected chi connectivity index (χ1v) is 8.26. The number of hydrogen-bond acceptors (Lipinski definition) is 4. The van der Waals surface area contributed by atoms with Gasteiger partial charge >= 0.3 is 0 Å². The fraction of sp³-hybridized carbons (Fsp3) is 0.571. The van der Waals surface area contributed by atoms with Gasteiger partial charge < -0.3 is 10.1 Å². The number of anilines is 1. The molecule has 0 saturated carbocycles. The molecule has 0 spiro atoms. The largest absolute Gasteiger partial charge is 0.382 e. The van der Waals surface area contributed by atoms with Crippen molar-refractivity contribution in [3.8, 4) is 0 Å². The van der Waals surface area contributed by atoms with Crippen molar-refractivity contribution in [2.45, 2.75) is 32.1 Å². The van der Waals surface area contributed by atoms with Gasteiger partial charge in [-0.25, -0.2) is 8.42 Å². The lowest BCUT2D eigenvalue weighted by molar-refractivity contribution is 0.0344. The molecule has 1 rings (SSSR count). The van der Waals surface area contributed by atoms with Crippen LogP contribution in [0.4, 0.5) is 5.69 Å². The Bertz CT molecular complexity index is 536. The van der Waals surface area contributed by atoms with E-state index in [2.05, 4.69) is 5.32 Å². The zero-order valence-corrected chi connectivity index (χ0v) is 13.1. The van der Waals surface area contributed by atoms with E-state index in [9.17, 15) is 8.42 Å². The molecule has 0 aromatic heterocycles. The first-order chi connectivity index (χ1) is 8.64. The van der Waals surface area contributed by atoms with Gasteiger partial charge in [-0.15, -0.1) is 0 Å². The molecule has 1 N–H and O–H groups in total. The standard InChI is InChI=1S/C14H23NO3S/c1-11-12(9-19(5,16)17)7-6-8-13(11)15-10-14(2,3)18-4/h6-8,15H,9-10H2,1-5H3. The zero-order valence-electron chi connectivity index (χ0n) is 12.3. The van der Waals surface area contributed by atoms with Crippen LogP contribution in [0.3, 0.4) is 0 Å². The van der Waals surface area contributed by atoms with Crippen LogP contribution in [0.1, 0.15) is 25.0 Å². The predicted octanol–water partition coefficient (Wildman–Crippen LogP) is 2.38. The van der Waals surface area contributed by atoms with E-state index in [1.807, 2.05) is 39.0 Å². The third-order valence-corrected chi connectivity index (χ3v) is 3.96. The van der Waals surface area contributed by atoms with E-state index in [4.69, 9.17) is 4.74 Å². The molecule has 0 heterocycles. The summed E-state index contributed by atoms with van der Waals surface area (Å²) in [4.78, 5) is 0. The molecular formula is C14H23NO3S. The van der Waals surface area contributed by atoms with E-state index in [1.165, 1.54) is 6.26 Å². The molecule has 0 saturated heterocycles. The smallest absolute Gasteiger partial charge is 0.151 e. The Balaban J connectivity index is 2.89. The van der Waals surface area contributed by atoms with Crippen molar-refractivity contribution in [2.75, 3.05) is 25.2 Å². The summed E-state index contributed by atoms with van der Waals surface area (Å²) in [5.74, 6) is 0.0715. The molecule has 1 aromatic rings. The third kappa shape index (κ3) is 5.20. The number of methoxy groups -OCH3 is 1. The van der Waals surface area contributed by atoms with Crippen LogP contribution in [0.2, 0.25) is 0 Å². The number of hydrogen-bond donors (Lipinski definition) is 1. The lowest BCUT2D eigenvalue weighted by Crippen LogP contribution is -2.32. The summed E-state index contributed by atoms with van der Waals surface area (Å²) in [5, 5.41) is 3.31. The summed E-state index contributed by atoms with van der Waals surface area (Å²) in [5.41, 5.74) is 2.49. The number of nitrogens with one attached hydrogen (secondary N) is 1. The molecule has 4 nitrogen and oxygen atoms in total. The lowest BCUT2D eigenvalue weighted by atomic mass is 10.1. The zero-order chi connectivity index (χ0) is 14.7. The normalized spacial score (nSPS) is 12.5. The van der Waals surface area contributed by atoms with Crippen LogP contribution < -0.4 is 5.32 Å². The quantitative estimate of drug-likeness (QED) is 0.872. The molecule has 0 aliphatic heterocycles. The maximum Gasteiger partial charge on any atom is 0.151 e. The summed E-state index contributed by atoms with van der Waals surface area (Å²) >= 11 is 0. The highest BCUT2D eigenvalue weighted by molar-refractivity contribution is 7.89. The SMILES string of the molecule is COC(C)(C)CNc1cccc(CS(C)(=O)=O)c1C. The summed E-state index contributed by atoms with van der Waals surface area (Å²) in [6.07, 6.45) is 1.25. The van der Waals surface area contributed by atoms with E-state index in [0.29, 0.717) is 6.54 Å². The summed E-state index contributed by atoms with van der Waals surface area (Å²) in [6, 6.07) is 5.67. The van der Waals surface area contributed by atoms with Crippen molar-refractivity contribution in [2.24, 2.45) is 0 Å². The topological polar surface area (TPSA) is 55.4 Å². The van der Waals surface area contributed by atoms with Crippen LogP contribution in [0.15, 0.2) is 18.2 Å². The second kappa shape index (κ2) is 5.92. The van der Waals surface area contributed by atoms with Gasteiger partial charge in [0.05, 0.1) is 11.4 Å². The highest BCUT2D eigenvalue weighted by Crippen LogP contribution is 2.21. The Morgan fingerprint density at radius 3 is 2.47 bits per heavy atom. The van der Waals surface area contributed by atoms with Crippen LogP contribution >= 0.6 is 0 Å². The highest BCUT2D eigenvalue weighted by atomic mass is 32.2. The molecule has 0 radical (unpaired) electrons. The van der Waals surface area contributed by atoms with Crippen molar-refractivity contribution < 1.29 is 13.2 Å². The number of sulfone groups is 1. The van der Waals surface area contributed by atoms with Crippen LogP contribution in [0.5, 0.6) is 0 Å². The lowest BCUT2D eigenvalue weighted by Gasteiger charge is -2.24. The van der Waals surface area contributed by atoms with Gasteiger partial charge in [0.1, 0.15) is 0 Å². The van der Waals surface area contributed by atoms with E-state index < -0.39 is 9.84 Å². The van der Waals surface area contributed by atoms with Crippen molar-refractivity contribution in [1.82, 2.24) is 0 Å². The summed E-state index contributed by atoms with van der Waals surface area (Å²) < 4.78 is 28.1. The van der Waals surface area contributed by atoms with Crippen LogP contribution in [-0.2, 0) is 20.3 Å². The maximum atomic E-state index is 11.4.